The van der Waals surface area contributed by atoms with Gasteiger partial charge in [0, 0.05) is 0 Å². The molecule has 0 spiro atoms. The first-order valence-electron chi connectivity index (χ1n) is 2.32. The maximum atomic E-state index is 5.36. The van der Waals surface area contributed by atoms with Crippen LogP contribution >= 0.6 is 0 Å². The fourth-order valence-electron chi connectivity index (χ4n) is 0.536. The lowest BCUT2D eigenvalue weighted by Crippen LogP contribution is -2.43. The van der Waals surface area contributed by atoms with Gasteiger partial charge in [0.15, 0.2) is 7.98 Å². The highest BCUT2D eigenvalue weighted by Gasteiger charge is 2.16. The zero-order valence-corrected chi connectivity index (χ0v) is 4.02. The Morgan fingerprint density at radius 3 is 2.33 bits per heavy atom. The quantitative estimate of drug-likeness (QED) is 0.375. The number of nitrogens with zero attached hydrogens (tertiary/aromatic N) is 1. The third-order valence-electron chi connectivity index (χ3n) is 1.37. The molecule has 2 heteroatoms. The fraction of sp³-hybridized carbons (Fsp3) is 1.00. The van der Waals surface area contributed by atoms with Gasteiger partial charge in [-0.05, 0) is 19.0 Å². The summed E-state index contributed by atoms with van der Waals surface area (Å²) >= 11 is 0. The third-order valence-corrected chi connectivity index (χ3v) is 1.37. The minimum Gasteiger partial charge on any atom is -0.351 e. The number of hydrogen-bond acceptors (Lipinski definition) is 1. The predicted octanol–water partition coefficient (Wildman–Crippen LogP) is 0.164. The van der Waals surface area contributed by atoms with Crippen LogP contribution < -0.4 is 0 Å². The molecule has 1 fully saturated rings. The monoisotopic (exact) mass is 81.1 g/mol. The van der Waals surface area contributed by atoms with E-state index in [1.165, 1.54) is 6.42 Å². The maximum Gasteiger partial charge on any atom is 0.182 e. The molecule has 0 aromatic rings. The van der Waals surface area contributed by atoms with Gasteiger partial charge in [0.2, 0.25) is 0 Å². The zero-order chi connectivity index (χ0) is 4.57. The van der Waals surface area contributed by atoms with E-state index in [0.717, 1.165) is 6.54 Å². The van der Waals surface area contributed by atoms with Crippen molar-refractivity contribution in [1.29, 1.82) is 0 Å². The van der Waals surface area contributed by atoms with Gasteiger partial charge < -0.3 is 4.81 Å². The molecule has 1 aliphatic heterocycles. The highest BCUT2D eigenvalue weighted by Crippen LogP contribution is 2.10. The molecule has 1 aliphatic rings. The Hall–Kier alpha value is 0.0249. The lowest BCUT2D eigenvalue weighted by molar-refractivity contribution is 0.227. The standard InChI is InChI=1S/C4H8BN/c1-4-2-3-6(4)5/h4H,2-3H2,1H3. The summed E-state index contributed by atoms with van der Waals surface area (Å²) in [5.74, 6) is 0. The van der Waals surface area contributed by atoms with Gasteiger partial charge in [-0.2, -0.15) is 0 Å². The Kier molecular flexibility index (Phi) is 0.883. The molecule has 1 atom stereocenters. The van der Waals surface area contributed by atoms with E-state index >= 15 is 0 Å². The van der Waals surface area contributed by atoms with Crippen LogP contribution in [0.1, 0.15) is 13.3 Å². The Bertz CT molecular complexity index is 47.5. The molecule has 1 rings (SSSR count). The van der Waals surface area contributed by atoms with Crippen molar-refractivity contribution < 1.29 is 0 Å². The second-order valence-electron chi connectivity index (χ2n) is 1.88. The first kappa shape index (κ1) is 4.19. The first-order chi connectivity index (χ1) is 2.80. The summed E-state index contributed by atoms with van der Waals surface area (Å²) in [6.45, 7) is 3.21. The normalized spacial score (nSPS) is 35.8. The average Bonchev–Trinajstić information content (AvgIpc) is 1.61. The van der Waals surface area contributed by atoms with E-state index in [-0.39, 0.29) is 0 Å². The van der Waals surface area contributed by atoms with E-state index < -0.39 is 0 Å². The fourth-order valence-corrected chi connectivity index (χ4v) is 0.536. The summed E-state index contributed by atoms with van der Waals surface area (Å²) in [6.07, 6.45) is 1.27. The van der Waals surface area contributed by atoms with Gasteiger partial charge >= 0.3 is 0 Å². The minimum absolute atomic E-state index is 0.644. The van der Waals surface area contributed by atoms with E-state index in [9.17, 15) is 0 Å². The minimum atomic E-state index is 0.644. The van der Waals surface area contributed by atoms with E-state index in [1.807, 2.05) is 4.81 Å². The summed E-state index contributed by atoms with van der Waals surface area (Å²) in [4.78, 5) is 1.85. The van der Waals surface area contributed by atoms with Crippen LogP contribution in [-0.2, 0) is 0 Å². The summed E-state index contributed by atoms with van der Waals surface area (Å²) < 4.78 is 0. The number of hydrogen-bond donors (Lipinski definition) is 0. The molecule has 0 amide bonds. The molecule has 2 radical (unpaired) electrons. The molecule has 0 aliphatic carbocycles. The summed E-state index contributed by atoms with van der Waals surface area (Å²) in [5, 5.41) is 0. The second kappa shape index (κ2) is 1.26. The Balaban J connectivity index is 2.20. The molecular formula is C4H8BN. The van der Waals surface area contributed by atoms with Crippen LogP contribution in [-0.4, -0.2) is 25.4 Å². The molecule has 0 aromatic carbocycles. The Morgan fingerprint density at radius 1 is 1.83 bits per heavy atom. The van der Waals surface area contributed by atoms with Gasteiger partial charge in [-0.3, -0.25) is 0 Å². The molecule has 0 saturated carbocycles. The van der Waals surface area contributed by atoms with E-state index in [2.05, 4.69) is 6.92 Å². The van der Waals surface area contributed by atoms with Crippen LogP contribution in [0.25, 0.3) is 0 Å². The van der Waals surface area contributed by atoms with Gasteiger partial charge in [-0.15, -0.1) is 0 Å². The largest absolute Gasteiger partial charge is 0.351 e. The van der Waals surface area contributed by atoms with E-state index in [1.54, 1.807) is 0 Å². The van der Waals surface area contributed by atoms with Crippen molar-refractivity contribution in [1.82, 2.24) is 4.81 Å². The molecule has 1 unspecified atom stereocenters. The van der Waals surface area contributed by atoms with Crippen molar-refractivity contribution in [2.75, 3.05) is 6.54 Å². The van der Waals surface area contributed by atoms with Crippen molar-refractivity contribution in [2.45, 2.75) is 19.4 Å². The first-order valence-corrected chi connectivity index (χ1v) is 2.32. The predicted molar refractivity (Wildman–Crippen MR) is 26.5 cm³/mol. The van der Waals surface area contributed by atoms with Crippen molar-refractivity contribution in [3.63, 3.8) is 0 Å². The summed E-state index contributed by atoms with van der Waals surface area (Å²) in [7, 11) is 5.36. The lowest BCUT2D eigenvalue weighted by atomic mass is 10.0. The molecule has 0 bridgehead atoms. The Morgan fingerprint density at radius 2 is 2.33 bits per heavy atom. The zero-order valence-electron chi connectivity index (χ0n) is 4.02. The van der Waals surface area contributed by atoms with Gasteiger partial charge in [0.25, 0.3) is 0 Å². The molecule has 32 valence electrons. The van der Waals surface area contributed by atoms with E-state index in [0.29, 0.717) is 6.04 Å². The molecule has 1 heterocycles. The third kappa shape index (κ3) is 0.452. The SMILES string of the molecule is [B]N1CCC1C. The van der Waals surface area contributed by atoms with Crippen LogP contribution in [0.3, 0.4) is 0 Å². The lowest BCUT2D eigenvalue weighted by Gasteiger charge is -2.35. The molecule has 0 N–H and O–H groups in total. The highest BCUT2D eigenvalue weighted by atomic mass is 15.1. The highest BCUT2D eigenvalue weighted by molar-refractivity contribution is 6.05. The number of rotatable bonds is 0. The Labute approximate surface area is 39.8 Å². The molecule has 0 aromatic heterocycles. The van der Waals surface area contributed by atoms with Crippen LogP contribution in [0.4, 0.5) is 0 Å². The maximum absolute atomic E-state index is 5.36. The van der Waals surface area contributed by atoms with Crippen molar-refractivity contribution in [2.24, 2.45) is 0 Å². The van der Waals surface area contributed by atoms with Crippen LogP contribution in [0, 0.1) is 0 Å². The average molecular weight is 80.9 g/mol. The molecular weight excluding hydrogens is 72.9 g/mol. The van der Waals surface area contributed by atoms with Gasteiger partial charge in [-0.25, -0.2) is 0 Å². The van der Waals surface area contributed by atoms with Gasteiger partial charge in [0.1, 0.15) is 0 Å². The van der Waals surface area contributed by atoms with Crippen LogP contribution in [0.15, 0.2) is 0 Å². The molecule has 1 nitrogen and oxygen atoms in total. The smallest absolute Gasteiger partial charge is 0.182 e. The molecule has 6 heavy (non-hydrogen) atoms. The van der Waals surface area contributed by atoms with Crippen molar-refractivity contribution in [3.05, 3.63) is 0 Å². The van der Waals surface area contributed by atoms with Crippen molar-refractivity contribution >= 4 is 7.98 Å². The second-order valence-corrected chi connectivity index (χ2v) is 1.88. The summed E-state index contributed by atoms with van der Waals surface area (Å²) in [5.41, 5.74) is 0. The van der Waals surface area contributed by atoms with Crippen LogP contribution in [0.2, 0.25) is 0 Å². The van der Waals surface area contributed by atoms with Gasteiger partial charge in [-0.1, -0.05) is 6.92 Å². The summed E-state index contributed by atoms with van der Waals surface area (Å²) in [6, 6.07) is 0.644. The van der Waals surface area contributed by atoms with Gasteiger partial charge in [0.05, 0.1) is 0 Å². The topological polar surface area (TPSA) is 3.24 Å². The van der Waals surface area contributed by atoms with Crippen LogP contribution in [0.5, 0.6) is 0 Å². The molecule has 1 saturated heterocycles. The van der Waals surface area contributed by atoms with Crippen molar-refractivity contribution in [3.8, 4) is 0 Å². The van der Waals surface area contributed by atoms with E-state index in [4.69, 9.17) is 7.98 Å².